The molecule has 4 heterocycles. The zero-order valence-electron chi connectivity index (χ0n) is 15.2. The third kappa shape index (κ3) is 3.17. The number of thiophene rings is 2. The molecule has 0 saturated carbocycles. The van der Waals surface area contributed by atoms with Gasteiger partial charge < -0.3 is 10.2 Å². The lowest BCUT2D eigenvalue weighted by atomic mass is 9.98. The van der Waals surface area contributed by atoms with Gasteiger partial charge in [-0.1, -0.05) is 6.07 Å². The van der Waals surface area contributed by atoms with Crippen LogP contribution in [0.2, 0.25) is 0 Å². The smallest absolute Gasteiger partial charge is 0.325 e. The van der Waals surface area contributed by atoms with Gasteiger partial charge in [-0.3, -0.25) is 14.5 Å². The topological polar surface area (TPSA) is 69.7 Å². The molecule has 0 spiro atoms. The Morgan fingerprint density at radius 3 is 2.74 bits per heavy atom. The molecule has 2 aromatic rings. The van der Waals surface area contributed by atoms with Crippen LogP contribution >= 0.6 is 22.7 Å². The van der Waals surface area contributed by atoms with Gasteiger partial charge in [0.15, 0.2) is 0 Å². The summed E-state index contributed by atoms with van der Waals surface area (Å²) in [6.07, 6.45) is 0.980. The van der Waals surface area contributed by atoms with E-state index in [0.717, 1.165) is 16.2 Å². The number of hydrogen-bond donors (Lipinski definition) is 1. The van der Waals surface area contributed by atoms with Gasteiger partial charge in [0.05, 0.1) is 6.04 Å². The second kappa shape index (κ2) is 6.76. The molecule has 2 aromatic heterocycles. The molecule has 1 unspecified atom stereocenters. The lowest BCUT2D eigenvalue weighted by Crippen LogP contribution is -2.43. The highest BCUT2D eigenvalue weighted by Gasteiger charge is 2.44. The summed E-state index contributed by atoms with van der Waals surface area (Å²) < 4.78 is 0. The fraction of sp³-hybridized carbons (Fsp3) is 0.421. The van der Waals surface area contributed by atoms with Crippen molar-refractivity contribution in [2.45, 2.75) is 38.3 Å². The van der Waals surface area contributed by atoms with Crippen LogP contribution in [0.3, 0.4) is 0 Å². The fourth-order valence-corrected chi connectivity index (χ4v) is 5.47. The molecule has 27 heavy (non-hydrogen) atoms. The number of nitrogens with zero attached hydrogens (tertiary/aromatic N) is 2. The second-order valence-corrected chi connectivity index (χ2v) is 9.30. The summed E-state index contributed by atoms with van der Waals surface area (Å²) in [4.78, 5) is 42.9. The first-order valence-corrected chi connectivity index (χ1v) is 10.7. The number of amides is 4. The average Bonchev–Trinajstić information content (AvgIpc) is 3.34. The molecule has 1 N–H and O–H groups in total. The van der Waals surface area contributed by atoms with Crippen molar-refractivity contribution in [3.05, 3.63) is 44.3 Å². The summed E-state index contributed by atoms with van der Waals surface area (Å²) in [5.41, 5.74) is 0.286. The van der Waals surface area contributed by atoms with Gasteiger partial charge in [-0.15, -0.1) is 22.7 Å². The van der Waals surface area contributed by atoms with Crippen LogP contribution in [0.1, 0.15) is 41.6 Å². The van der Waals surface area contributed by atoms with Crippen LogP contribution in [0, 0.1) is 0 Å². The molecular formula is C19H21N3O3S2. The zero-order chi connectivity index (χ0) is 19.2. The largest absolute Gasteiger partial charge is 0.330 e. The molecule has 8 heteroatoms. The van der Waals surface area contributed by atoms with Gasteiger partial charge in [0.25, 0.3) is 5.91 Å². The third-order valence-electron chi connectivity index (χ3n) is 5.09. The Kier molecular flexibility index (Phi) is 4.55. The standard InChI is InChI=1S/C19H21N3O3S2/c1-19(2)17(24)22(18(25)20-19)9-6-15(23)21-8-5-13-12(7-11-27-13)16(21)14-4-3-10-26-14/h3-4,7,10-11,16H,5-6,8-9H2,1-2H3,(H,20,25). The molecular weight excluding hydrogens is 382 g/mol. The van der Waals surface area contributed by atoms with Crippen molar-refractivity contribution < 1.29 is 14.4 Å². The van der Waals surface area contributed by atoms with E-state index in [9.17, 15) is 14.4 Å². The number of carbonyl (C=O) groups is 3. The summed E-state index contributed by atoms with van der Waals surface area (Å²) in [5.74, 6) is -0.315. The van der Waals surface area contributed by atoms with Crippen molar-refractivity contribution in [2.75, 3.05) is 13.1 Å². The lowest BCUT2D eigenvalue weighted by molar-refractivity contribution is -0.134. The van der Waals surface area contributed by atoms with Gasteiger partial charge in [-0.05, 0) is 48.7 Å². The van der Waals surface area contributed by atoms with Crippen LogP contribution in [0.25, 0.3) is 0 Å². The highest BCUT2D eigenvalue weighted by atomic mass is 32.1. The molecule has 6 nitrogen and oxygen atoms in total. The molecule has 0 aliphatic carbocycles. The minimum Gasteiger partial charge on any atom is -0.330 e. The van der Waals surface area contributed by atoms with Crippen LogP contribution in [0.15, 0.2) is 29.0 Å². The molecule has 0 aromatic carbocycles. The quantitative estimate of drug-likeness (QED) is 0.798. The average molecular weight is 404 g/mol. The minimum absolute atomic E-state index is 0.0319. The Morgan fingerprint density at radius 1 is 1.26 bits per heavy atom. The number of hydrogen-bond acceptors (Lipinski definition) is 5. The molecule has 4 amide bonds. The van der Waals surface area contributed by atoms with E-state index in [0.29, 0.717) is 6.54 Å². The van der Waals surface area contributed by atoms with Crippen molar-refractivity contribution in [1.82, 2.24) is 15.1 Å². The molecule has 0 bridgehead atoms. The predicted molar refractivity (Wildman–Crippen MR) is 105 cm³/mol. The number of urea groups is 1. The van der Waals surface area contributed by atoms with E-state index in [1.54, 1.807) is 36.5 Å². The summed E-state index contributed by atoms with van der Waals surface area (Å²) in [6, 6.07) is 5.66. The maximum absolute atomic E-state index is 13.0. The molecule has 4 rings (SSSR count). The third-order valence-corrected chi connectivity index (χ3v) is 7.01. The Morgan fingerprint density at radius 2 is 2.07 bits per heavy atom. The number of carbonyl (C=O) groups excluding carboxylic acids is 3. The Hall–Kier alpha value is -2.19. The van der Waals surface area contributed by atoms with E-state index in [4.69, 9.17) is 0 Å². The highest BCUT2D eigenvalue weighted by Crippen LogP contribution is 2.39. The fourth-order valence-electron chi connectivity index (χ4n) is 3.71. The van der Waals surface area contributed by atoms with Crippen LogP contribution in [0.5, 0.6) is 0 Å². The van der Waals surface area contributed by atoms with E-state index >= 15 is 0 Å². The van der Waals surface area contributed by atoms with Crippen LogP contribution < -0.4 is 5.32 Å². The monoisotopic (exact) mass is 403 g/mol. The van der Waals surface area contributed by atoms with E-state index in [2.05, 4.69) is 22.8 Å². The lowest BCUT2D eigenvalue weighted by Gasteiger charge is -2.35. The van der Waals surface area contributed by atoms with E-state index in [-0.39, 0.29) is 30.8 Å². The van der Waals surface area contributed by atoms with Gasteiger partial charge in [0, 0.05) is 29.3 Å². The molecule has 2 aliphatic rings. The molecule has 1 saturated heterocycles. The number of imide groups is 1. The van der Waals surface area contributed by atoms with Crippen molar-refractivity contribution >= 4 is 40.5 Å². The minimum atomic E-state index is -0.906. The SMILES string of the molecule is CC1(C)NC(=O)N(CCC(=O)N2CCc3sccc3C2c2cccs2)C1=O. The molecule has 2 aliphatic heterocycles. The number of nitrogens with one attached hydrogen (secondary N) is 1. The van der Waals surface area contributed by atoms with Gasteiger partial charge in [0.2, 0.25) is 5.91 Å². The first kappa shape index (κ1) is 18.2. The molecule has 0 radical (unpaired) electrons. The van der Waals surface area contributed by atoms with E-state index in [1.165, 1.54) is 10.4 Å². The molecule has 142 valence electrons. The van der Waals surface area contributed by atoms with Crippen molar-refractivity contribution in [1.29, 1.82) is 0 Å². The summed E-state index contributed by atoms with van der Waals surface area (Å²) in [5, 5.41) is 6.75. The molecule has 1 fully saturated rings. The Labute approximate surface area is 165 Å². The van der Waals surface area contributed by atoms with Gasteiger partial charge in [0.1, 0.15) is 5.54 Å². The molecule has 1 atom stereocenters. The summed E-state index contributed by atoms with van der Waals surface area (Å²) in [7, 11) is 0. The van der Waals surface area contributed by atoms with Crippen LogP contribution in [-0.2, 0) is 16.0 Å². The second-order valence-electron chi connectivity index (χ2n) is 7.32. The van der Waals surface area contributed by atoms with Crippen LogP contribution in [-0.4, -0.2) is 46.3 Å². The van der Waals surface area contributed by atoms with Crippen LogP contribution in [0.4, 0.5) is 4.79 Å². The zero-order valence-corrected chi connectivity index (χ0v) is 16.9. The van der Waals surface area contributed by atoms with Crippen molar-refractivity contribution in [2.24, 2.45) is 0 Å². The first-order valence-electron chi connectivity index (χ1n) is 8.92. The maximum Gasteiger partial charge on any atom is 0.325 e. The first-order chi connectivity index (χ1) is 12.9. The maximum atomic E-state index is 13.0. The van der Waals surface area contributed by atoms with Crippen molar-refractivity contribution in [3.8, 4) is 0 Å². The number of fused-ring (bicyclic) bond motifs is 1. The van der Waals surface area contributed by atoms with E-state index < -0.39 is 11.6 Å². The van der Waals surface area contributed by atoms with Gasteiger partial charge in [-0.25, -0.2) is 4.79 Å². The predicted octanol–water partition coefficient (Wildman–Crippen LogP) is 3.00. The summed E-state index contributed by atoms with van der Waals surface area (Å²) in [6.45, 7) is 4.10. The van der Waals surface area contributed by atoms with E-state index in [1.807, 2.05) is 16.3 Å². The number of rotatable bonds is 4. The van der Waals surface area contributed by atoms with Crippen molar-refractivity contribution in [3.63, 3.8) is 0 Å². The Bertz CT molecular complexity index is 888. The highest BCUT2D eigenvalue weighted by molar-refractivity contribution is 7.10. The Balaban J connectivity index is 1.51. The normalized spacial score (nSPS) is 21.3. The summed E-state index contributed by atoms with van der Waals surface area (Å²) >= 11 is 3.38. The van der Waals surface area contributed by atoms with Gasteiger partial charge in [-0.2, -0.15) is 0 Å². The van der Waals surface area contributed by atoms with Gasteiger partial charge >= 0.3 is 6.03 Å².